The van der Waals surface area contributed by atoms with Crippen molar-refractivity contribution in [2.45, 2.75) is 83.5 Å². The Morgan fingerprint density at radius 3 is 1.91 bits per heavy atom. The van der Waals surface area contributed by atoms with Gasteiger partial charge in [-0.3, -0.25) is 14.4 Å². The second-order valence-electron chi connectivity index (χ2n) is 8.59. The molecule has 23 heavy (non-hydrogen) atoms. The summed E-state index contributed by atoms with van der Waals surface area (Å²) < 4.78 is 0. The normalized spacial score (nSPS) is 44.6. The highest BCUT2D eigenvalue weighted by Crippen LogP contribution is 2.73. The van der Waals surface area contributed by atoms with Crippen molar-refractivity contribution in [3.8, 4) is 0 Å². The third kappa shape index (κ3) is 2.04. The Balaban J connectivity index is 1.74. The number of carbonyl (C=O) groups excluding carboxylic acids is 3. The van der Waals surface area contributed by atoms with E-state index in [0.29, 0.717) is 25.0 Å². The molecule has 0 aliphatic heterocycles. The van der Waals surface area contributed by atoms with Crippen LogP contribution in [-0.4, -0.2) is 17.3 Å². The fourth-order valence-corrected chi connectivity index (χ4v) is 6.75. The zero-order chi connectivity index (χ0) is 16.1. The zero-order valence-corrected chi connectivity index (χ0v) is 14.1. The first kappa shape index (κ1) is 15.5. The lowest BCUT2D eigenvalue weighted by atomic mass is 9.59. The lowest BCUT2D eigenvalue weighted by Crippen LogP contribution is -2.39. The second kappa shape index (κ2) is 5.53. The van der Waals surface area contributed by atoms with Gasteiger partial charge in [-0.25, -0.2) is 0 Å². The van der Waals surface area contributed by atoms with Crippen molar-refractivity contribution in [3.05, 3.63) is 0 Å². The fraction of sp³-hybridized carbons (Fsp3) is 0.850. The number of hydrogen-bond donors (Lipinski definition) is 0. The highest BCUT2D eigenvalue weighted by atomic mass is 16.2. The van der Waals surface area contributed by atoms with E-state index in [1.54, 1.807) is 0 Å². The molecule has 0 heterocycles. The standard InChI is InChI=1S/C20H28O3/c21-15-11-14-16(22)12-19-9-7-5-3-1-2-4-6-8-10-20(14,19)18(15)17(23)13-19/h14,18H,1-13H2/t14-,18+,19-,20+/m0/s1. The van der Waals surface area contributed by atoms with E-state index < -0.39 is 5.92 Å². The third-order valence-corrected chi connectivity index (χ3v) is 7.58. The maximum absolute atomic E-state index is 12.7. The average molecular weight is 316 g/mol. The van der Waals surface area contributed by atoms with Gasteiger partial charge in [0.1, 0.15) is 17.3 Å². The highest BCUT2D eigenvalue weighted by molar-refractivity contribution is 6.12. The predicted molar refractivity (Wildman–Crippen MR) is 86.9 cm³/mol. The predicted octanol–water partition coefficient (Wildman–Crippen LogP) is 4.02. The zero-order valence-electron chi connectivity index (χ0n) is 14.1. The smallest absolute Gasteiger partial charge is 0.144 e. The summed E-state index contributed by atoms with van der Waals surface area (Å²) in [6, 6.07) is 0. The Morgan fingerprint density at radius 1 is 0.652 bits per heavy atom. The van der Waals surface area contributed by atoms with Crippen molar-refractivity contribution in [2.75, 3.05) is 0 Å². The molecule has 4 saturated carbocycles. The molecule has 0 unspecified atom stereocenters. The van der Waals surface area contributed by atoms with E-state index in [2.05, 4.69) is 0 Å². The Labute approximate surface area is 138 Å². The van der Waals surface area contributed by atoms with Crippen LogP contribution in [0.25, 0.3) is 0 Å². The molecule has 4 aliphatic rings. The molecule has 0 N–H and O–H groups in total. The van der Waals surface area contributed by atoms with E-state index in [0.717, 1.165) is 25.7 Å². The summed E-state index contributed by atoms with van der Waals surface area (Å²) in [6.45, 7) is 0. The summed E-state index contributed by atoms with van der Waals surface area (Å²) in [5, 5.41) is 0. The van der Waals surface area contributed by atoms with E-state index in [4.69, 9.17) is 0 Å². The third-order valence-electron chi connectivity index (χ3n) is 7.58. The van der Waals surface area contributed by atoms with E-state index in [9.17, 15) is 14.4 Å². The van der Waals surface area contributed by atoms with Crippen LogP contribution in [0.4, 0.5) is 0 Å². The van der Waals surface area contributed by atoms with Gasteiger partial charge >= 0.3 is 0 Å². The Bertz CT molecular complexity index is 551. The van der Waals surface area contributed by atoms with E-state index in [-0.39, 0.29) is 28.3 Å². The van der Waals surface area contributed by atoms with Crippen molar-refractivity contribution in [2.24, 2.45) is 22.7 Å². The van der Waals surface area contributed by atoms with Crippen molar-refractivity contribution in [1.29, 1.82) is 0 Å². The SMILES string of the molecule is O=C1C[C@H]2C(=O)C[C@]34CCCCCCCCCC[C@]23[C@H]1C(=O)C4. The average Bonchev–Trinajstić information content (AvgIpc) is 3.01. The van der Waals surface area contributed by atoms with Crippen molar-refractivity contribution in [3.63, 3.8) is 0 Å². The molecule has 0 aromatic rings. The van der Waals surface area contributed by atoms with Gasteiger partial charge in [0.15, 0.2) is 0 Å². The van der Waals surface area contributed by atoms with Crippen molar-refractivity contribution in [1.82, 2.24) is 0 Å². The molecule has 126 valence electrons. The van der Waals surface area contributed by atoms with Crippen LogP contribution >= 0.6 is 0 Å². The summed E-state index contributed by atoms with van der Waals surface area (Å²) in [7, 11) is 0. The number of hydrogen-bond acceptors (Lipinski definition) is 3. The highest BCUT2D eigenvalue weighted by Gasteiger charge is 2.76. The minimum absolute atomic E-state index is 0.0852. The molecule has 4 fully saturated rings. The second-order valence-corrected chi connectivity index (χ2v) is 8.59. The summed E-state index contributed by atoms with van der Waals surface area (Å²) in [6.07, 6.45) is 13.1. The van der Waals surface area contributed by atoms with E-state index in [1.165, 1.54) is 38.5 Å². The van der Waals surface area contributed by atoms with Gasteiger partial charge in [-0.2, -0.15) is 0 Å². The van der Waals surface area contributed by atoms with Gasteiger partial charge in [0.2, 0.25) is 0 Å². The van der Waals surface area contributed by atoms with E-state index >= 15 is 0 Å². The molecular weight excluding hydrogens is 288 g/mol. The van der Waals surface area contributed by atoms with Crippen LogP contribution in [0.3, 0.4) is 0 Å². The topological polar surface area (TPSA) is 51.2 Å². The number of Topliss-reactive ketones (excluding diaryl/α,β-unsaturated/α-hetero) is 3. The maximum Gasteiger partial charge on any atom is 0.144 e. The molecule has 4 atom stereocenters. The van der Waals surface area contributed by atoms with Crippen LogP contribution in [0.2, 0.25) is 0 Å². The van der Waals surface area contributed by atoms with Gasteiger partial charge in [0.05, 0.1) is 5.92 Å². The Hall–Kier alpha value is -0.990. The minimum atomic E-state index is -0.429. The van der Waals surface area contributed by atoms with Gasteiger partial charge in [0, 0.05) is 30.6 Å². The molecule has 0 bridgehead atoms. The maximum atomic E-state index is 12.7. The Morgan fingerprint density at radius 2 is 1.22 bits per heavy atom. The van der Waals surface area contributed by atoms with Gasteiger partial charge in [-0.1, -0.05) is 51.4 Å². The molecule has 3 heteroatoms. The first-order valence-corrected chi connectivity index (χ1v) is 9.69. The van der Waals surface area contributed by atoms with Crippen LogP contribution in [0, 0.1) is 22.7 Å². The molecule has 0 amide bonds. The first-order chi connectivity index (χ1) is 11.1. The van der Waals surface area contributed by atoms with Crippen molar-refractivity contribution < 1.29 is 14.4 Å². The van der Waals surface area contributed by atoms with Gasteiger partial charge in [0.25, 0.3) is 0 Å². The molecule has 0 radical (unpaired) electrons. The van der Waals surface area contributed by atoms with Crippen LogP contribution in [0.1, 0.15) is 83.5 Å². The largest absolute Gasteiger partial charge is 0.299 e. The fourth-order valence-electron chi connectivity index (χ4n) is 6.75. The van der Waals surface area contributed by atoms with Gasteiger partial charge < -0.3 is 0 Å². The van der Waals surface area contributed by atoms with E-state index in [1.807, 2.05) is 0 Å². The van der Waals surface area contributed by atoms with Gasteiger partial charge in [-0.05, 0) is 18.3 Å². The quantitative estimate of drug-likeness (QED) is 0.634. The molecule has 4 aliphatic carbocycles. The monoisotopic (exact) mass is 316 g/mol. The lowest BCUT2D eigenvalue weighted by Gasteiger charge is -2.42. The first-order valence-electron chi connectivity index (χ1n) is 9.69. The Kier molecular flexibility index (Phi) is 3.73. The number of rotatable bonds is 0. The number of carbonyl (C=O) groups is 3. The summed E-state index contributed by atoms with van der Waals surface area (Å²) >= 11 is 0. The number of ketones is 3. The van der Waals surface area contributed by atoms with Crippen LogP contribution in [0.15, 0.2) is 0 Å². The summed E-state index contributed by atoms with van der Waals surface area (Å²) in [5.41, 5.74) is -0.445. The lowest BCUT2D eigenvalue weighted by molar-refractivity contribution is -0.131. The molecule has 0 aromatic heterocycles. The molecule has 1 spiro atoms. The van der Waals surface area contributed by atoms with Crippen molar-refractivity contribution >= 4 is 17.3 Å². The summed E-state index contributed by atoms with van der Waals surface area (Å²) in [5.74, 6) is -0.0126. The molecule has 4 rings (SSSR count). The molecule has 0 aromatic carbocycles. The summed E-state index contributed by atoms with van der Waals surface area (Å²) in [4.78, 5) is 38.0. The van der Waals surface area contributed by atoms with Crippen LogP contribution in [0.5, 0.6) is 0 Å². The van der Waals surface area contributed by atoms with Crippen LogP contribution in [-0.2, 0) is 14.4 Å². The van der Waals surface area contributed by atoms with Crippen LogP contribution < -0.4 is 0 Å². The minimum Gasteiger partial charge on any atom is -0.299 e. The molecule has 3 nitrogen and oxygen atoms in total. The van der Waals surface area contributed by atoms with Gasteiger partial charge in [-0.15, -0.1) is 0 Å². The molecule has 0 saturated heterocycles. The molecular formula is C20H28O3.